The van der Waals surface area contributed by atoms with Crippen molar-refractivity contribution in [1.29, 1.82) is 0 Å². The van der Waals surface area contributed by atoms with Crippen molar-refractivity contribution in [2.75, 3.05) is 7.11 Å². The quantitative estimate of drug-likeness (QED) is 0.563. The number of hydrogen-bond acceptors (Lipinski definition) is 5. The maximum atomic E-state index is 12.6. The lowest BCUT2D eigenvalue weighted by molar-refractivity contribution is 0.415. The fraction of sp³-hybridized carbons (Fsp3) is 0.0556. The van der Waals surface area contributed by atoms with Gasteiger partial charge in [0.2, 0.25) is 0 Å². The predicted octanol–water partition coefficient (Wildman–Crippen LogP) is 2.47. The fourth-order valence-electron chi connectivity index (χ4n) is 2.66. The summed E-state index contributed by atoms with van der Waals surface area (Å²) in [6.07, 6.45) is 2.77. The lowest BCUT2D eigenvalue weighted by Crippen LogP contribution is -2.17. The Kier molecular flexibility index (Phi) is 3.46. The average molecular weight is 334 g/mol. The number of nitrogens with zero attached hydrogens (tertiary/aromatic N) is 3. The van der Waals surface area contributed by atoms with E-state index in [-0.39, 0.29) is 11.3 Å². The third-order valence-electron chi connectivity index (χ3n) is 3.95. The Labute approximate surface area is 141 Å². The molecule has 0 saturated heterocycles. The summed E-state index contributed by atoms with van der Waals surface area (Å²) in [5.74, 6) is 0.781. The van der Waals surface area contributed by atoms with Crippen molar-refractivity contribution in [2.45, 2.75) is 0 Å². The summed E-state index contributed by atoms with van der Waals surface area (Å²) >= 11 is 0. The summed E-state index contributed by atoms with van der Waals surface area (Å²) in [6, 6.07) is 12.2. The Morgan fingerprint density at radius 1 is 1.28 bits per heavy atom. The molecule has 0 aliphatic carbocycles. The first-order valence-corrected chi connectivity index (χ1v) is 7.57. The smallest absolute Gasteiger partial charge is 0.298 e. The van der Waals surface area contributed by atoms with Gasteiger partial charge in [-0.05, 0) is 30.3 Å². The number of benzene rings is 2. The van der Waals surface area contributed by atoms with Crippen LogP contribution in [0.25, 0.3) is 21.9 Å². The Balaban J connectivity index is 1.84. The van der Waals surface area contributed by atoms with Crippen molar-refractivity contribution in [3.63, 3.8) is 0 Å². The standard InChI is InChI=1S/C18H14N4O3/c1-25-12-6-7-14-13(8-12)16-17(21-14)18(24)22(10-19-16)20-9-11-4-2-3-5-15(11)23/h2-10,21,23H,1H3. The number of hydrogen-bond donors (Lipinski definition) is 2. The zero-order chi connectivity index (χ0) is 17.4. The van der Waals surface area contributed by atoms with Crippen LogP contribution in [0.2, 0.25) is 0 Å². The molecule has 7 nitrogen and oxygen atoms in total. The van der Waals surface area contributed by atoms with Gasteiger partial charge in [0.15, 0.2) is 0 Å². The number of methoxy groups -OCH3 is 1. The number of para-hydroxylation sites is 1. The summed E-state index contributed by atoms with van der Waals surface area (Å²) in [4.78, 5) is 20.1. The number of H-pyrrole nitrogens is 1. The van der Waals surface area contributed by atoms with Crippen molar-refractivity contribution in [2.24, 2.45) is 5.10 Å². The topological polar surface area (TPSA) is 92.5 Å². The third kappa shape index (κ3) is 2.51. The molecule has 2 aromatic heterocycles. The van der Waals surface area contributed by atoms with Crippen LogP contribution in [0.1, 0.15) is 5.56 Å². The van der Waals surface area contributed by atoms with Crippen LogP contribution in [-0.2, 0) is 0 Å². The second-order valence-electron chi connectivity index (χ2n) is 5.46. The molecule has 0 amide bonds. The molecule has 0 atom stereocenters. The maximum Gasteiger partial charge on any atom is 0.298 e. The second-order valence-corrected chi connectivity index (χ2v) is 5.46. The Bertz CT molecular complexity index is 1170. The Morgan fingerprint density at radius 3 is 2.92 bits per heavy atom. The van der Waals surface area contributed by atoms with E-state index in [0.717, 1.165) is 15.6 Å². The number of aromatic hydroxyl groups is 1. The van der Waals surface area contributed by atoms with Gasteiger partial charge in [-0.15, -0.1) is 0 Å². The van der Waals surface area contributed by atoms with Crippen molar-refractivity contribution in [3.8, 4) is 11.5 Å². The molecular weight excluding hydrogens is 320 g/mol. The highest BCUT2D eigenvalue weighted by Crippen LogP contribution is 2.25. The van der Waals surface area contributed by atoms with Crippen molar-refractivity contribution in [1.82, 2.24) is 14.6 Å². The first kappa shape index (κ1) is 14.9. The van der Waals surface area contributed by atoms with E-state index < -0.39 is 0 Å². The van der Waals surface area contributed by atoms with E-state index in [4.69, 9.17) is 4.74 Å². The van der Waals surface area contributed by atoms with E-state index >= 15 is 0 Å². The van der Waals surface area contributed by atoms with E-state index in [1.54, 1.807) is 31.4 Å². The lowest BCUT2D eigenvalue weighted by Gasteiger charge is -2.00. The minimum absolute atomic E-state index is 0.0889. The van der Waals surface area contributed by atoms with E-state index in [0.29, 0.717) is 22.3 Å². The number of nitrogens with one attached hydrogen (secondary N) is 1. The third-order valence-corrected chi connectivity index (χ3v) is 3.95. The summed E-state index contributed by atoms with van der Waals surface area (Å²) < 4.78 is 6.35. The van der Waals surface area contributed by atoms with Gasteiger partial charge in [-0.25, -0.2) is 4.98 Å². The lowest BCUT2D eigenvalue weighted by atomic mass is 10.2. The van der Waals surface area contributed by atoms with Crippen LogP contribution in [-0.4, -0.2) is 33.1 Å². The van der Waals surface area contributed by atoms with Gasteiger partial charge in [-0.3, -0.25) is 4.79 Å². The molecule has 4 aromatic rings. The second kappa shape index (κ2) is 5.79. The van der Waals surface area contributed by atoms with Crippen LogP contribution in [0, 0.1) is 0 Å². The number of aromatic nitrogens is 3. The van der Waals surface area contributed by atoms with Crippen molar-refractivity contribution < 1.29 is 9.84 Å². The van der Waals surface area contributed by atoms with Crippen LogP contribution in [0.3, 0.4) is 0 Å². The Hall–Kier alpha value is -3.61. The van der Waals surface area contributed by atoms with Gasteiger partial charge in [-0.1, -0.05) is 12.1 Å². The van der Waals surface area contributed by atoms with Crippen molar-refractivity contribution >= 4 is 28.2 Å². The van der Waals surface area contributed by atoms with E-state index in [2.05, 4.69) is 15.1 Å². The fourth-order valence-corrected chi connectivity index (χ4v) is 2.66. The largest absolute Gasteiger partial charge is 0.507 e. The van der Waals surface area contributed by atoms with Crippen LogP contribution >= 0.6 is 0 Å². The van der Waals surface area contributed by atoms with Crippen LogP contribution in [0.4, 0.5) is 0 Å². The molecule has 25 heavy (non-hydrogen) atoms. The Morgan fingerprint density at radius 2 is 2.12 bits per heavy atom. The summed E-state index contributed by atoms with van der Waals surface area (Å²) in [6.45, 7) is 0. The minimum atomic E-state index is -0.327. The molecule has 0 radical (unpaired) electrons. The zero-order valence-electron chi connectivity index (χ0n) is 13.3. The molecule has 0 fully saturated rings. The normalized spacial score (nSPS) is 11.6. The number of aromatic amines is 1. The van der Waals surface area contributed by atoms with Gasteiger partial charge in [0.05, 0.1) is 13.3 Å². The molecule has 2 N–H and O–H groups in total. The molecular formula is C18H14N4O3. The predicted molar refractivity (Wildman–Crippen MR) is 95.5 cm³/mol. The van der Waals surface area contributed by atoms with Gasteiger partial charge in [0.25, 0.3) is 5.56 Å². The van der Waals surface area contributed by atoms with Crippen LogP contribution in [0.5, 0.6) is 11.5 Å². The highest BCUT2D eigenvalue weighted by atomic mass is 16.5. The number of rotatable bonds is 3. The van der Waals surface area contributed by atoms with Gasteiger partial charge in [-0.2, -0.15) is 9.78 Å². The SMILES string of the molecule is COc1ccc2[nH]c3c(=O)n(N=Cc4ccccc4O)cnc3c2c1. The molecule has 4 rings (SSSR count). The molecule has 0 bridgehead atoms. The van der Waals surface area contributed by atoms with Gasteiger partial charge in [0, 0.05) is 16.5 Å². The van der Waals surface area contributed by atoms with Crippen LogP contribution in [0.15, 0.2) is 58.7 Å². The van der Waals surface area contributed by atoms with Gasteiger partial charge < -0.3 is 14.8 Å². The zero-order valence-corrected chi connectivity index (χ0v) is 13.3. The number of fused-ring (bicyclic) bond motifs is 3. The van der Waals surface area contributed by atoms with Gasteiger partial charge in [0.1, 0.15) is 28.9 Å². The molecule has 0 aliphatic rings. The van der Waals surface area contributed by atoms with E-state index in [1.807, 2.05) is 18.2 Å². The first-order chi connectivity index (χ1) is 12.2. The van der Waals surface area contributed by atoms with E-state index in [1.165, 1.54) is 12.5 Å². The molecule has 0 spiro atoms. The molecule has 7 heteroatoms. The molecule has 0 unspecified atom stereocenters. The van der Waals surface area contributed by atoms with Crippen LogP contribution < -0.4 is 10.3 Å². The summed E-state index contributed by atoms with van der Waals surface area (Å²) in [5.41, 5.74) is 1.90. The highest BCUT2D eigenvalue weighted by Gasteiger charge is 2.11. The highest BCUT2D eigenvalue weighted by molar-refractivity contribution is 6.04. The van der Waals surface area contributed by atoms with Crippen molar-refractivity contribution in [3.05, 3.63) is 64.7 Å². The number of phenolic OH excluding ortho intramolecular Hbond substituents is 1. The first-order valence-electron chi connectivity index (χ1n) is 7.57. The number of phenols is 1. The monoisotopic (exact) mass is 334 g/mol. The molecule has 2 aromatic carbocycles. The molecule has 124 valence electrons. The molecule has 0 saturated carbocycles. The van der Waals surface area contributed by atoms with Gasteiger partial charge >= 0.3 is 0 Å². The summed E-state index contributed by atoms with van der Waals surface area (Å²) in [7, 11) is 1.59. The van der Waals surface area contributed by atoms with E-state index in [9.17, 15) is 9.90 Å². The molecule has 0 aliphatic heterocycles. The maximum absolute atomic E-state index is 12.6. The molecule has 2 heterocycles. The number of ether oxygens (including phenoxy) is 1. The minimum Gasteiger partial charge on any atom is -0.507 e. The summed E-state index contributed by atoms with van der Waals surface area (Å²) in [5, 5.41) is 14.7. The average Bonchev–Trinajstić information content (AvgIpc) is 3.01.